The average Bonchev–Trinajstić information content (AvgIpc) is 3.24. The molecular formula is C16H12N6O. The number of fused-ring (bicyclic) bond motifs is 1. The van der Waals surface area contributed by atoms with E-state index < -0.39 is 0 Å². The van der Waals surface area contributed by atoms with Crippen molar-refractivity contribution < 1.29 is 4.79 Å². The van der Waals surface area contributed by atoms with E-state index >= 15 is 0 Å². The summed E-state index contributed by atoms with van der Waals surface area (Å²) in [6.45, 7) is 0. The Morgan fingerprint density at radius 1 is 1.00 bits per heavy atom. The van der Waals surface area contributed by atoms with Gasteiger partial charge in [0.1, 0.15) is 11.0 Å². The van der Waals surface area contributed by atoms with Crippen molar-refractivity contribution in [1.82, 2.24) is 25.2 Å². The van der Waals surface area contributed by atoms with Crippen LogP contribution in [0.15, 0.2) is 60.8 Å². The summed E-state index contributed by atoms with van der Waals surface area (Å²) in [5.74, 6) is -0.275. The lowest BCUT2D eigenvalue weighted by Gasteiger charge is -2.03. The summed E-state index contributed by atoms with van der Waals surface area (Å²) >= 11 is 0. The predicted octanol–water partition coefficient (Wildman–Crippen LogP) is 2.40. The van der Waals surface area contributed by atoms with E-state index in [9.17, 15) is 4.79 Å². The zero-order chi connectivity index (χ0) is 15.6. The lowest BCUT2D eigenvalue weighted by Crippen LogP contribution is -2.13. The van der Waals surface area contributed by atoms with E-state index in [4.69, 9.17) is 0 Å². The number of aromatic nitrogens is 5. The van der Waals surface area contributed by atoms with Crippen LogP contribution in [0.25, 0.3) is 16.7 Å². The predicted molar refractivity (Wildman–Crippen MR) is 85.4 cm³/mol. The number of benzene rings is 2. The highest BCUT2D eigenvalue weighted by atomic mass is 16.1. The van der Waals surface area contributed by atoms with E-state index in [0.29, 0.717) is 16.9 Å². The molecule has 4 rings (SSSR count). The molecule has 0 radical (unpaired) electrons. The fourth-order valence-electron chi connectivity index (χ4n) is 2.28. The van der Waals surface area contributed by atoms with Crippen molar-refractivity contribution in [2.45, 2.75) is 0 Å². The van der Waals surface area contributed by atoms with Gasteiger partial charge in [0, 0.05) is 11.9 Å². The van der Waals surface area contributed by atoms with Crippen molar-refractivity contribution in [3.05, 3.63) is 66.5 Å². The van der Waals surface area contributed by atoms with Crippen LogP contribution in [0.1, 0.15) is 10.5 Å². The number of carbonyl (C=O) groups excluding carboxylic acids is 1. The van der Waals surface area contributed by atoms with Crippen molar-refractivity contribution in [2.75, 3.05) is 5.32 Å². The molecule has 7 heteroatoms. The summed E-state index contributed by atoms with van der Waals surface area (Å²) in [5.41, 5.74) is 3.32. The monoisotopic (exact) mass is 304 g/mol. The number of nitrogens with one attached hydrogen (secondary N) is 2. The van der Waals surface area contributed by atoms with Crippen LogP contribution >= 0.6 is 0 Å². The normalized spacial score (nSPS) is 10.8. The van der Waals surface area contributed by atoms with Gasteiger partial charge in [-0.3, -0.25) is 4.79 Å². The van der Waals surface area contributed by atoms with Crippen molar-refractivity contribution >= 4 is 22.6 Å². The molecule has 0 spiro atoms. The largest absolute Gasteiger partial charge is 0.321 e. The maximum atomic E-state index is 12.3. The molecule has 4 aromatic rings. The molecule has 2 heterocycles. The van der Waals surface area contributed by atoms with Gasteiger partial charge in [-0.2, -0.15) is 20.5 Å². The highest BCUT2D eigenvalue weighted by Crippen LogP contribution is 2.16. The molecule has 0 atom stereocenters. The van der Waals surface area contributed by atoms with Gasteiger partial charge in [-0.05, 0) is 36.4 Å². The zero-order valence-corrected chi connectivity index (χ0v) is 12.0. The molecule has 0 fully saturated rings. The van der Waals surface area contributed by atoms with Crippen LogP contribution in [0.2, 0.25) is 0 Å². The van der Waals surface area contributed by atoms with E-state index in [-0.39, 0.29) is 5.91 Å². The number of carbonyl (C=O) groups is 1. The number of nitrogens with zero attached hydrogens (tertiary/aromatic N) is 4. The first-order valence-electron chi connectivity index (χ1n) is 7.02. The molecule has 2 N–H and O–H groups in total. The molecule has 0 aliphatic heterocycles. The van der Waals surface area contributed by atoms with Gasteiger partial charge >= 0.3 is 0 Å². The fraction of sp³-hybridized carbons (Fsp3) is 0. The Kier molecular flexibility index (Phi) is 3.09. The van der Waals surface area contributed by atoms with Gasteiger partial charge in [-0.15, -0.1) is 0 Å². The Labute approximate surface area is 130 Å². The Hall–Kier alpha value is -3.48. The lowest BCUT2D eigenvalue weighted by molar-refractivity contribution is 0.102. The second-order valence-corrected chi connectivity index (χ2v) is 4.96. The van der Waals surface area contributed by atoms with Crippen LogP contribution in [0.5, 0.6) is 0 Å². The maximum Gasteiger partial charge on any atom is 0.276 e. The highest BCUT2D eigenvalue weighted by Gasteiger charge is 2.11. The molecule has 2 aromatic carbocycles. The maximum absolute atomic E-state index is 12.3. The number of aromatic amines is 1. The summed E-state index contributed by atoms with van der Waals surface area (Å²) in [5, 5.41) is 17.6. The SMILES string of the molecule is O=C(Nc1ccc2n[nH]nc2c1)c1ccn(-c2ccccc2)n1. The van der Waals surface area contributed by atoms with Crippen LogP contribution in [0.4, 0.5) is 5.69 Å². The molecule has 0 unspecified atom stereocenters. The Morgan fingerprint density at radius 2 is 1.83 bits per heavy atom. The number of para-hydroxylation sites is 1. The highest BCUT2D eigenvalue weighted by molar-refractivity contribution is 6.03. The summed E-state index contributed by atoms with van der Waals surface area (Å²) in [4.78, 5) is 12.3. The lowest BCUT2D eigenvalue weighted by atomic mass is 10.2. The van der Waals surface area contributed by atoms with Gasteiger partial charge in [-0.25, -0.2) is 4.68 Å². The second kappa shape index (κ2) is 5.38. The molecule has 0 saturated carbocycles. The molecule has 112 valence electrons. The fourth-order valence-corrected chi connectivity index (χ4v) is 2.28. The van der Waals surface area contributed by atoms with Gasteiger partial charge in [0.05, 0.1) is 5.69 Å². The minimum absolute atomic E-state index is 0.275. The third-order valence-corrected chi connectivity index (χ3v) is 3.42. The molecule has 23 heavy (non-hydrogen) atoms. The van der Waals surface area contributed by atoms with Crippen molar-refractivity contribution in [2.24, 2.45) is 0 Å². The Balaban J connectivity index is 1.56. The quantitative estimate of drug-likeness (QED) is 0.608. The van der Waals surface area contributed by atoms with E-state index in [1.54, 1.807) is 35.1 Å². The van der Waals surface area contributed by atoms with Gasteiger partial charge in [0.25, 0.3) is 5.91 Å². The van der Waals surface area contributed by atoms with Crippen LogP contribution < -0.4 is 5.32 Å². The van der Waals surface area contributed by atoms with Crippen molar-refractivity contribution in [1.29, 1.82) is 0 Å². The first-order chi connectivity index (χ1) is 11.3. The number of anilines is 1. The molecule has 2 aromatic heterocycles. The smallest absolute Gasteiger partial charge is 0.276 e. The topological polar surface area (TPSA) is 88.5 Å². The van der Waals surface area contributed by atoms with E-state index in [2.05, 4.69) is 25.8 Å². The molecule has 0 bridgehead atoms. The van der Waals surface area contributed by atoms with Gasteiger partial charge in [0.2, 0.25) is 0 Å². The minimum atomic E-state index is -0.275. The molecule has 0 saturated heterocycles. The zero-order valence-electron chi connectivity index (χ0n) is 12.0. The Bertz CT molecular complexity index is 972. The van der Waals surface area contributed by atoms with Crippen molar-refractivity contribution in [3.8, 4) is 5.69 Å². The molecule has 0 aliphatic carbocycles. The van der Waals surface area contributed by atoms with Crippen molar-refractivity contribution in [3.63, 3.8) is 0 Å². The summed E-state index contributed by atoms with van der Waals surface area (Å²) in [7, 11) is 0. The molecular weight excluding hydrogens is 292 g/mol. The average molecular weight is 304 g/mol. The van der Waals surface area contributed by atoms with E-state index in [0.717, 1.165) is 11.2 Å². The number of rotatable bonds is 3. The third kappa shape index (κ3) is 2.55. The van der Waals surface area contributed by atoms with Crippen LogP contribution in [0, 0.1) is 0 Å². The number of H-pyrrole nitrogens is 1. The van der Waals surface area contributed by atoms with Gasteiger partial charge in [-0.1, -0.05) is 18.2 Å². The first-order valence-corrected chi connectivity index (χ1v) is 7.02. The molecule has 7 nitrogen and oxygen atoms in total. The molecule has 0 aliphatic rings. The first kappa shape index (κ1) is 13.2. The molecule has 1 amide bonds. The summed E-state index contributed by atoms with van der Waals surface area (Å²) < 4.78 is 1.66. The number of hydrogen-bond acceptors (Lipinski definition) is 4. The number of hydrogen-bond donors (Lipinski definition) is 2. The second-order valence-electron chi connectivity index (χ2n) is 4.96. The van der Waals surface area contributed by atoms with Crippen LogP contribution in [-0.4, -0.2) is 31.1 Å². The van der Waals surface area contributed by atoms with E-state index in [1.807, 2.05) is 30.3 Å². The van der Waals surface area contributed by atoms with Crippen LogP contribution in [-0.2, 0) is 0 Å². The van der Waals surface area contributed by atoms with Gasteiger partial charge < -0.3 is 5.32 Å². The Morgan fingerprint density at radius 3 is 2.70 bits per heavy atom. The van der Waals surface area contributed by atoms with E-state index in [1.165, 1.54) is 0 Å². The minimum Gasteiger partial charge on any atom is -0.321 e. The summed E-state index contributed by atoms with van der Waals surface area (Å²) in [6.07, 6.45) is 1.76. The van der Waals surface area contributed by atoms with Crippen LogP contribution in [0.3, 0.4) is 0 Å². The summed E-state index contributed by atoms with van der Waals surface area (Å²) in [6, 6.07) is 16.6. The third-order valence-electron chi connectivity index (χ3n) is 3.42. The number of amides is 1. The van der Waals surface area contributed by atoms with Gasteiger partial charge in [0.15, 0.2) is 5.69 Å². The standard InChI is InChI=1S/C16H12N6O/c23-16(17-11-6-7-13-15(10-11)19-21-18-13)14-8-9-22(20-14)12-4-2-1-3-5-12/h1-10H,(H,17,23)(H,18,19,21).